The number of carbonyl (C=O) groups excluding carboxylic acids is 7. The number of hydrogen-bond donors (Lipinski definition) is 5. The highest BCUT2D eigenvalue weighted by atomic mass is 16.5. The minimum absolute atomic E-state index is 0.0464. The van der Waals surface area contributed by atoms with Gasteiger partial charge in [-0.3, -0.25) is 53.7 Å². The number of pyridine rings is 1. The first-order valence-corrected chi connectivity index (χ1v) is 20.9. The zero-order valence-corrected chi connectivity index (χ0v) is 34.2. The number of nitrogens with one attached hydrogen (secondary N) is 5. The molecule has 9 rings (SSSR count). The van der Waals surface area contributed by atoms with Crippen molar-refractivity contribution >= 4 is 69.3 Å². The summed E-state index contributed by atoms with van der Waals surface area (Å²) in [6.45, 7) is 6.56. The van der Waals surface area contributed by atoms with Gasteiger partial charge in [-0.1, -0.05) is 44.2 Å². The molecule has 3 aromatic carbocycles. The molecule has 5 atom stereocenters. The van der Waals surface area contributed by atoms with Gasteiger partial charge in [0.1, 0.15) is 6.04 Å². The fraction of sp³-hybridized carbons (Fsp3) is 0.348. The lowest BCUT2D eigenvalue weighted by molar-refractivity contribution is -0.136. The molecule has 4 heterocycles. The van der Waals surface area contributed by atoms with Crippen molar-refractivity contribution in [2.45, 2.75) is 45.7 Å². The van der Waals surface area contributed by atoms with E-state index in [4.69, 9.17) is 4.74 Å². The number of aromatic nitrogens is 1. The molecule has 62 heavy (non-hydrogen) atoms. The fourth-order valence-corrected chi connectivity index (χ4v) is 9.44. The van der Waals surface area contributed by atoms with Crippen LogP contribution >= 0.6 is 0 Å². The van der Waals surface area contributed by atoms with Crippen LogP contribution in [0.4, 0.5) is 17.1 Å². The molecule has 5 N–H and O–H groups in total. The lowest BCUT2D eigenvalue weighted by Gasteiger charge is -2.27. The van der Waals surface area contributed by atoms with Gasteiger partial charge in [-0.25, -0.2) is 5.43 Å². The average molecular weight is 839 g/mol. The van der Waals surface area contributed by atoms with Gasteiger partial charge >= 0.3 is 0 Å². The molecule has 2 saturated heterocycles. The van der Waals surface area contributed by atoms with Gasteiger partial charge in [-0.15, -0.1) is 0 Å². The van der Waals surface area contributed by atoms with Gasteiger partial charge in [-0.2, -0.15) is 0 Å². The summed E-state index contributed by atoms with van der Waals surface area (Å²) in [6, 6.07) is 18.0. The second kappa shape index (κ2) is 16.3. The molecule has 16 nitrogen and oxygen atoms in total. The molecule has 1 aromatic heterocycles. The Bertz CT molecular complexity index is 2540. The Morgan fingerprint density at radius 3 is 2.35 bits per heavy atom. The van der Waals surface area contributed by atoms with Crippen molar-refractivity contribution < 1.29 is 38.3 Å². The molecule has 3 aliphatic heterocycles. The van der Waals surface area contributed by atoms with Gasteiger partial charge in [0, 0.05) is 48.6 Å². The number of carbonyl (C=O) groups is 7. The summed E-state index contributed by atoms with van der Waals surface area (Å²) < 4.78 is 5.98. The van der Waals surface area contributed by atoms with Crippen molar-refractivity contribution in [2.75, 3.05) is 41.9 Å². The minimum Gasteiger partial charge on any atom is -0.379 e. The fourth-order valence-electron chi connectivity index (χ4n) is 9.44. The zero-order chi connectivity index (χ0) is 43.3. The van der Waals surface area contributed by atoms with Gasteiger partial charge in [0.15, 0.2) is 0 Å². The number of anilines is 3. The third-order valence-electron chi connectivity index (χ3n) is 12.4. The molecule has 16 heteroatoms. The summed E-state index contributed by atoms with van der Waals surface area (Å²) in [5.74, 6) is -3.24. The molecule has 2 aliphatic carbocycles. The second-order valence-corrected chi connectivity index (χ2v) is 17.2. The number of hydrazine groups is 1. The maximum atomic E-state index is 13.4. The van der Waals surface area contributed by atoms with Crippen LogP contribution < -0.4 is 31.7 Å². The topological polar surface area (TPSA) is 208 Å². The van der Waals surface area contributed by atoms with E-state index in [1.165, 1.54) is 4.90 Å². The molecule has 318 valence electrons. The first kappa shape index (κ1) is 40.8. The summed E-state index contributed by atoms with van der Waals surface area (Å²) in [5.41, 5.74) is 9.62. The van der Waals surface area contributed by atoms with Crippen molar-refractivity contribution in [3.8, 4) is 0 Å². The third-order valence-corrected chi connectivity index (χ3v) is 12.4. The van der Waals surface area contributed by atoms with Gasteiger partial charge < -0.3 is 20.8 Å². The number of benzene rings is 3. The summed E-state index contributed by atoms with van der Waals surface area (Å²) in [6.07, 6.45) is 6.84. The highest BCUT2D eigenvalue weighted by molar-refractivity contribution is 6.26. The van der Waals surface area contributed by atoms with Crippen molar-refractivity contribution in [1.82, 2.24) is 25.9 Å². The maximum Gasteiger partial charge on any atom is 0.264 e. The standard InChI is InChI=1S/C46H46N8O8/c1-46(2,24-62-20-19-49-52-32-7-4-6-31-38(32)45(61)54(42(31)58)34-15-16-35(55)51-41(34)57)23-47-22-28-17-18-48-39-30(28)5-3-8-33(39)50-40(56)25-11-13-29(14-12-25)53-43(59)36-26-9-10-27(21-26)37(36)44(53)60/h3-14,17-18,26-27,34,36-37,47,49,52H,15-16,19-24H2,1-2H3,(H,50,56)(H,51,55,57)/t26-,27+,34?,36-,37+. The van der Waals surface area contributed by atoms with Crippen molar-refractivity contribution in [3.05, 3.63) is 107 Å². The molecule has 7 amide bonds. The van der Waals surface area contributed by atoms with Crippen LogP contribution in [-0.2, 0) is 30.5 Å². The molecule has 5 aliphatic rings. The Balaban J connectivity index is 0.737. The molecular weight excluding hydrogens is 793 g/mol. The minimum atomic E-state index is -1.04. The Morgan fingerprint density at radius 1 is 0.887 bits per heavy atom. The van der Waals surface area contributed by atoms with Crippen LogP contribution in [0, 0.1) is 29.1 Å². The normalized spacial score (nSPS) is 22.8. The number of allylic oxidation sites excluding steroid dienone is 2. The van der Waals surface area contributed by atoms with Crippen molar-refractivity contribution in [2.24, 2.45) is 29.1 Å². The summed E-state index contributed by atoms with van der Waals surface area (Å²) in [7, 11) is 0. The largest absolute Gasteiger partial charge is 0.379 e. The molecule has 1 unspecified atom stereocenters. The van der Waals surface area contributed by atoms with E-state index in [-0.39, 0.29) is 70.8 Å². The predicted octanol–water partition coefficient (Wildman–Crippen LogP) is 3.95. The second-order valence-electron chi connectivity index (χ2n) is 17.2. The van der Waals surface area contributed by atoms with E-state index in [1.807, 2.05) is 18.2 Å². The summed E-state index contributed by atoms with van der Waals surface area (Å²) in [4.78, 5) is 97.3. The van der Waals surface area contributed by atoms with E-state index in [0.717, 1.165) is 22.3 Å². The van der Waals surface area contributed by atoms with Crippen LogP contribution in [0.1, 0.15) is 69.7 Å². The number of fused-ring (bicyclic) bond motifs is 7. The Labute approximate surface area is 356 Å². The number of piperidine rings is 1. The van der Waals surface area contributed by atoms with Crippen LogP contribution in [-0.4, -0.2) is 83.6 Å². The monoisotopic (exact) mass is 838 g/mol. The van der Waals surface area contributed by atoms with Crippen LogP contribution in [0.15, 0.2) is 85.1 Å². The number of amides is 7. The van der Waals surface area contributed by atoms with E-state index < -0.39 is 29.7 Å². The highest BCUT2D eigenvalue weighted by Crippen LogP contribution is 2.53. The molecule has 3 fully saturated rings. The van der Waals surface area contributed by atoms with Gasteiger partial charge in [0.2, 0.25) is 23.6 Å². The van der Waals surface area contributed by atoms with Crippen LogP contribution in [0.2, 0.25) is 0 Å². The van der Waals surface area contributed by atoms with Crippen molar-refractivity contribution in [1.29, 1.82) is 0 Å². The van der Waals surface area contributed by atoms with E-state index in [9.17, 15) is 33.6 Å². The smallest absolute Gasteiger partial charge is 0.264 e. The van der Waals surface area contributed by atoms with E-state index in [2.05, 4.69) is 57.8 Å². The Kier molecular flexibility index (Phi) is 10.7. The molecule has 2 bridgehead atoms. The van der Waals surface area contributed by atoms with Gasteiger partial charge in [0.25, 0.3) is 17.7 Å². The Morgan fingerprint density at radius 2 is 1.61 bits per heavy atom. The number of hydrogen-bond acceptors (Lipinski definition) is 12. The number of rotatable bonds is 15. The summed E-state index contributed by atoms with van der Waals surface area (Å²) >= 11 is 0. The van der Waals surface area contributed by atoms with Crippen molar-refractivity contribution in [3.63, 3.8) is 0 Å². The number of ether oxygens (including phenoxy) is 1. The van der Waals surface area contributed by atoms with Gasteiger partial charge in [0.05, 0.1) is 58.8 Å². The number of nitrogens with zero attached hydrogens (tertiary/aromatic N) is 3. The van der Waals surface area contributed by atoms with Gasteiger partial charge in [-0.05, 0) is 78.8 Å². The molecule has 0 radical (unpaired) electrons. The Hall–Kier alpha value is -6.62. The molecule has 0 spiro atoms. The predicted molar refractivity (Wildman–Crippen MR) is 227 cm³/mol. The van der Waals surface area contributed by atoms with E-state index in [0.29, 0.717) is 61.0 Å². The highest BCUT2D eigenvalue weighted by Gasteiger charge is 2.59. The first-order chi connectivity index (χ1) is 29.9. The van der Waals surface area contributed by atoms with E-state index >= 15 is 0 Å². The average Bonchev–Trinajstić information content (AvgIpc) is 4.01. The molecule has 1 saturated carbocycles. The number of para-hydroxylation sites is 1. The zero-order valence-electron chi connectivity index (χ0n) is 34.2. The summed E-state index contributed by atoms with van der Waals surface area (Å²) in [5, 5.41) is 9.61. The quantitative estimate of drug-likeness (QED) is 0.0500. The lowest BCUT2D eigenvalue weighted by atomic mass is 9.85. The maximum absolute atomic E-state index is 13.4. The first-order valence-electron chi connectivity index (χ1n) is 20.9. The molecular formula is C46H46N8O8. The number of imide groups is 3. The lowest BCUT2D eigenvalue weighted by Crippen LogP contribution is -2.54. The third kappa shape index (κ3) is 7.43. The van der Waals surface area contributed by atoms with Crippen LogP contribution in [0.3, 0.4) is 0 Å². The molecule has 4 aromatic rings. The SMILES string of the molecule is CC(C)(CNCc1ccnc2c(NC(=O)c3ccc(N4C(=O)[C@@H]5[C@H](C4=O)[C@@H]4C=C[C@H]5C4)cc3)cccc12)COCCNNc1cccc2c1C(=O)N(C1CCC(=O)NC1=O)C2=O. The van der Waals surface area contributed by atoms with Crippen LogP contribution in [0.25, 0.3) is 10.9 Å². The van der Waals surface area contributed by atoms with E-state index in [1.54, 1.807) is 54.7 Å². The van der Waals surface area contributed by atoms with Crippen LogP contribution in [0.5, 0.6) is 0 Å².